The topological polar surface area (TPSA) is 9.23 Å². The molecule has 1 heterocycles. The summed E-state index contributed by atoms with van der Waals surface area (Å²) in [5.41, 5.74) is 3.54. The van der Waals surface area contributed by atoms with Crippen LogP contribution in [-0.2, 0) is 13.0 Å². The Morgan fingerprint density at radius 1 is 0.962 bits per heavy atom. The standard InChI is InChI=1S/C23H26F2O/c1-2-3-4-9-16-10-11-18-19-13-12-17(15-7-5-6-8-15)22(25)23(19)26-14-20(18)21(16)24/h10-13,15H,2-9,14H2,1H3. The Hall–Kier alpha value is -1.90. The minimum absolute atomic E-state index is 0.112. The van der Waals surface area contributed by atoms with Crippen molar-refractivity contribution in [3.05, 3.63) is 52.6 Å². The molecule has 4 rings (SSSR count). The second-order valence-electron chi connectivity index (χ2n) is 7.64. The molecule has 0 radical (unpaired) electrons. The van der Waals surface area contributed by atoms with Gasteiger partial charge in [0.15, 0.2) is 11.6 Å². The van der Waals surface area contributed by atoms with Crippen molar-refractivity contribution in [1.29, 1.82) is 0 Å². The number of hydrogen-bond donors (Lipinski definition) is 0. The Morgan fingerprint density at radius 3 is 2.50 bits per heavy atom. The van der Waals surface area contributed by atoms with Crippen LogP contribution >= 0.6 is 0 Å². The van der Waals surface area contributed by atoms with Crippen molar-refractivity contribution in [2.75, 3.05) is 0 Å². The highest BCUT2D eigenvalue weighted by Gasteiger charge is 2.28. The first-order valence-corrected chi connectivity index (χ1v) is 9.96. The summed E-state index contributed by atoms with van der Waals surface area (Å²) >= 11 is 0. The molecule has 1 aliphatic carbocycles. The van der Waals surface area contributed by atoms with Crippen molar-refractivity contribution in [3.63, 3.8) is 0 Å². The summed E-state index contributed by atoms with van der Waals surface area (Å²) < 4.78 is 35.7. The smallest absolute Gasteiger partial charge is 0.169 e. The van der Waals surface area contributed by atoms with Crippen LogP contribution in [0.3, 0.4) is 0 Å². The van der Waals surface area contributed by atoms with E-state index in [4.69, 9.17) is 4.74 Å². The summed E-state index contributed by atoms with van der Waals surface area (Å²) in [4.78, 5) is 0. The molecule has 0 N–H and O–H groups in total. The number of benzene rings is 2. The summed E-state index contributed by atoms with van der Waals surface area (Å²) in [7, 11) is 0. The highest BCUT2D eigenvalue weighted by atomic mass is 19.1. The summed E-state index contributed by atoms with van der Waals surface area (Å²) in [5, 5.41) is 0. The number of fused-ring (bicyclic) bond motifs is 3. The number of aryl methyl sites for hydroxylation is 1. The van der Waals surface area contributed by atoms with E-state index in [1.807, 2.05) is 24.3 Å². The minimum atomic E-state index is -0.243. The van der Waals surface area contributed by atoms with Crippen molar-refractivity contribution < 1.29 is 13.5 Å². The van der Waals surface area contributed by atoms with Crippen LogP contribution < -0.4 is 4.74 Å². The van der Waals surface area contributed by atoms with Crippen LogP contribution in [0, 0.1) is 11.6 Å². The third-order valence-electron chi connectivity index (χ3n) is 5.95. The fourth-order valence-electron chi connectivity index (χ4n) is 4.44. The van der Waals surface area contributed by atoms with Crippen LogP contribution in [-0.4, -0.2) is 0 Å². The number of unbranched alkanes of at least 4 members (excludes halogenated alkanes) is 2. The van der Waals surface area contributed by atoms with Gasteiger partial charge in [0.05, 0.1) is 0 Å². The molecule has 2 aromatic carbocycles. The fourth-order valence-corrected chi connectivity index (χ4v) is 4.44. The molecule has 3 heteroatoms. The normalized spacial score (nSPS) is 16.3. The van der Waals surface area contributed by atoms with Crippen LogP contribution in [0.25, 0.3) is 11.1 Å². The van der Waals surface area contributed by atoms with Crippen LogP contribution in [0.5, 0.6) is 5.75 Å². The van der Waals surface area contributed by atoms with Gasteiger partial charge in [-0.05, 0) is 48.3 Å². The average Bonchev–Trinajstić information content (AvgIpc) is 3.18. The highest BCUT2D eigenvalue weighted by Crippen LogP contribution is 2.45. The predicted molar refractivity (Wildman–Crippen MR) is 101 cm³/mol. The molecule has 2 aromatic rings. The summed E-state index contributed by atoms with van der Waals surface area (Å²) in [6.45, 7) is 2.25. The molecule has 0 aromatic heterocycles. The molecule has 0 unspecified atom stereocenters. The van der Waals surface area contributed by atoms with Gasteiger partial charge in [-0.2, -0.15) is 0 Å². The van der Waals surface area contributed by atoms with Gasteiger partial charge < -0.3 is 4.74 Å². The van der Waals surface area contributed by atoms with Crippen molar-refractivity contribution in [2.45, 2.75) is 70.8 Å². The van der Waals surface area contributed by atoms with Crippen molar-refractivity contribution in [3.8, 4) is 16.9 Å². The Balaban J connectivity index is 1.69. The van der Waals surface area contributed by atoms with Gasteiger partial charge in [0.1, 0.15) is 12.4 Å². The quantitative estimate of drug-likeness (QED) is 0.529. The number of halogens is 2. The van der Waals surface area contributed by atoms with Crippen molar-refractivity contribution >= 4 is 0 Å². The molecular formula is C23H26F2O. The minimum Gasteiger partial charge on any atom is -0.485 e. The van der Waals surface area contributed by atoms with E-state index in [-0.39, 0.29) is 18.2 Å². The van der Waals surface area contributed by atoms with Gasteiger partial charge in [-0.1, -0.05) is 56.9 Å². The van der Waals surface area contributed by atoms with Gasteiger partial charge in [0.2, 0.25) is 0 Å². The third kappa shape index (κ3) is 3.02. The molecule has 0 amide bonds. The maximum Gasteiger partial charge on any atom is 0.169 e. The summed E-state index contributed by atoms with van der Waals surface area (Å²) in [6.07, 6.45) is 8.37. The molecule has 2 aliphatic rings. The predicted octanol–water partition coefficient (Wildman–Crippen LogP) is 6.91. The molecule has 1 nitrogen and oxygen atoms in total. The van der Waals surface area contributed by atoms with Gasteiger partial charge in [0.25, 0.3) is 0 Å². The van der Waals surface area contributed by atoms with E-state index in [9.17, 15) is 4.39 Å². The zero-order chi connectivity index (χ0) is 18.1. The highest BCUT2D eigenvalue weighted by molar-refractivity contribution is 5.76. The Bertz CT molecular complexity index is 806. The Kier molecular flexibility index (Phi) is 4.97. The van der Waals surface area contributed by atoms with E-state index >= 15 is 4.39 Å². The number of rotatable bonds is 5. The first-order chi connectivity index (χ1) is 12.7. The zero-order valence-electron chi connectivity index (χ0n) is 15.4. The van der Waals surface area contributed by atoms with Crippen molar-refractivity contribution in [1.82, 2.24) is 0 Å². The summed E-state index contributed by atoms with van der Waals surface area (Å²) in [5.74, 6) is 0.181. The number of hydrogen-bond acceptors (Lipinski definition) is 1. The van der Waals surface area contributed by atoms with Crippen molar-refractivity contribution in [2.24, 2.45) is 0 Å². The maximum atomic E-state index is 15.1. The molecule has 0 spiro atoms. The van der Waals surface area contributed by atoms with E-state index in [2.05, 4.69) is 6.92 Å². The van der Waals surface area contributed by atoms with Gasteiger partial charge in [-0.25, -0.2) is 8.78 Å². The van der Waals surface area contributed by atoms with Gasteiger partial charge in [0, 0.05) is 11.1 Å². The van der Waals surface area contributed by atoms with Gasteiger partial charge in [-0.3, -0.25) is 0 Å². The van der Waals surface area contributed by atoms with E-state index in [0.29, 0.717) is 22.8 Å². The maximum absolute atomic E-state index is 15.1. The van der Waals surface area contributed by atoms with E-state index in [1.165, 1.54) is 0 Å². The average molecular weight is 356 g/mol. The lowest BCUT2D eigenvalue weighted by Crippen LogP contribution is -2.12. The van der Waals surface area contributed by atoms with Crippen LogP contribution in [0.15, 0.2) is 24.3 Å². The molecule has 1 saturated carbocycles. The van der Waals surface area contributed by atoms with Gasteiger partial charge >= 0.3 is 0 Å². The SMILES string of the molecule is CCCCCc1ccc2c(c1F)COc1c-2ccc(C2CCCC2)c1F. The van der Waals surface area contributed by atoms with E-state index < -0.39 is 0 Å². The van der Waals surface area contributed by atoms with Crippen LogP contribution in [0.4, 0.5) is 8.78 Å². The molecule has 0 saturated heterocycles. The lowest BCUT2D eigenvalue weighted by atomic mass is 9.89. The molecule has 1 fully saturated rings. The second-order valence-corrected chi connectivity index (χ2v) is 7.64. The molecule has 0 bridgehead atoms. The first kappa shape index (κ1) is 17.5. The second kappa shape index (κ2) is 7.38. The first-order valence-electron chi connectivity index (χ1n) is 9.96. The van der Waals surface area contributed by atoms with E-state index in [1.54, 1.807) is 0 Å². The fraction of sp³-hybridized carbons (Fsp3) is 0.478. The molecule has 138 valence electrons. The third-order valence-corrected chi connectivity index (χ3v) is 5.95. The monoisotopic (exact) mass is 356 g/mol. The zero-order valence-corrected chi connectivity index (χ0v) is 15.4. The lowest BCUT2D eigenvalue weighted by molar-refractivity contribution is 0.278. The molecule has 26 heavy (non-hydrogen) atoms. The van der Waals surface area contributed by atoms with Gasteiger partial charge in [-0.15, -0.1) is 0 Å². The molecule has 1 aliphatic heterocycles. The van der Waals surface area contributed by atoms with Crippen LogP contribution in [0.2, 0.25) is 0 Å². The molecule has 0 atom stereocenters. The van der Waals surface area contributed by atoms with E-state index in [0.717, 1.165) is 68.1 Å². The molecular weight excluding hydrogens is 330 g/mol. The summed E-state index contributed by atoms with van der Waals surface area (Å²) in [6, 6.07) is 7.60. The Labute approximate surface area is 154 Å². The number of ether oxygens (including phenoxy) is 1. The van der Waals surface area contributed by atoms with Crippen LogP contribution in [0.1, 0.15) is 74.5 Å². The lowest BCUT2D eigenvalue weighted by Gasteiger charge is -2.24. The Morgan fingerprint density at radius 2 is 1.73 bits per heavy atom. The largest absolute Gasteiger partial charge is 0.485 e.